The van der Waals surface area contributed by atoms with Crippen molar-refractivity contribution >= 4 is 30.7 Å². The van der Waals surface area contributed by atoms with E-state index in [-0.39, 0.29) is 42.8 Å². The maximum absolute atomic E-state index is 13.0. The van der Waals surface area contributed by atoms with Crippen LogP contribution in [-0.4, -0.2) is 47.9 Å². The average Bonchev–Trinajstić information content (AvgIpc) is 2.53. The lowest BCUT2D eigenvalue weighted by atomic mass is 10.0. The summed E-state index contributed by atoms with van der Waals surface area (Å²) in [6.07, 6.45) is 1.82. The molecular weight excluding hydrogens is 333 g/mol. The molecular formula is C17H29Cl2N3O. The third-order valence-corrected chi connectivity index (χ3v) is 4.38. The fourth-order valence-electron chi connectivity index (χ4n) is 3.03. The van der Waals surface area contributed by atoms with Crippen LogP contribution in [0.25, 0.3) is 0 Å². The number of benzene rings is 1. The summed E-state index contributed by atoms with van der Waals surface area (Å²) in [5, 5.41) is 0. The molecule has 6 heteroatoms. The van der Waals surface area contributed by atoms with Crippen molar-refractivity contribution in [1.29, 1.82) is 0 Å². The lowest BCUT2D eigenvalue weighted by Gasteiger charge is -2.36. The molecule has 1 aromatic carbocycles. The van der Waals surface area contributed by atoms with Gasteiger partial charge in [-0.05, 0) is 31.5 Å². The second-order valence-corrected chi connectivity index (χ2v) is 5.70. The lowest BCUT2D eigenvalue weighted by molar-refractivity contribution is -0.138. The van der Waals surface area contributed by atoms with E-state index in [1.54, 1.807) is 0 Å². The number of carbonyl (C=O) groups excluding carboxylic acids is 1. The van der Waals surface area contributed by atoms with Gasteiger partial charge in [0.05, 0.1) is 0 Å². The molecule has 1 aliphatic heterocycles. The molecule has 132 valence electrons. The second kappa shape index (κ2) is 10.9. The topological polar surface area (TPSA) is 49.6 Å². The number of likely N-dealkylation sites (N-methyl/N-ethyl adjacent to an activating group) is 1. The summed E-state index contributed by atoms with van der Waals surface area (Å²) in [4.78, 5) is 17.2. The van der Waals surface area contributed by atoms with Gasteiger partial charge in [-0.1, -0.05) is 44.2 Å². The molecule has 0 bridgehead atoms. The first-order valence-corrected chi connectivity index (χ1v) is 8.00. The molecule has 4 nitrogen and oxygen atoms in total. The highest BCUT2D eigenvalue weighted by atomic mass is 35.5. The van der Waals surface area contributed by atoms with Gasteiger partial charge in [0.25, 0.3) is 0 Å². The lowest BCUT2D eigenvalue weighted by Crippen LogP contribution is -2.48. The number of nitrogens with zero attached hydrogens (tertiary/aromatic N) is 2. The van der Waals surface area contributed by atoms with E-state index in [9.17, 15) is 4.79 Å². The molecule has 1 fully saturated rings. The molecule has 1 unspecified atom stereocenters. The van der Waals surface area contributed by atoms with Crippen molar-refractivity contribution in [3.05, 3.63) is 35.9 Å². The Morgan fingerprint density at radius 3 is 2.17 bits per heavy atom. The minimum Gasteiger partial charge on any atom is -0.341 e. The van der Waals surface area contributed by atoms with Gasteiger partial charge in [-0.2, -0.15) is 0 Å². The van der Waals surface area contributed by atoms with Gasteiger partial charge in [0.15, 0.2) is 0 Å². The maximum Gasteiger partial charge on any atom is 0.244 e. The van der Waals surface area contributed by atoms with E-state index in [0.717, 1.165) is 44.6 Å². The molecule has 0 aromatic heterocycles. The van der Waals surface area contributed by atoms with Crippen molar-refractivity contribution in [2.75, 3.05) is 26.2 Å². The van der Waals surface area contributed by atoms with Crippen molar-refractivity contribution in [3.8, 4) is 0 Å². The number of halogens is 2. The molecule has 2 rings (SSSR count). The molecule has 0 aliphatic carbocycles. The molecule has 0 saturated carbocycles. The Bertz CT molecular complexity index is 446. The fraction of sp³-hybridized carbons (Fsp3) is 0.588. The van der Waals surface area contributed by atoms with E-state index in [2.05, 4.69) is 30.9 Å². The third-order valence-electron chi connectivity index (χ3n) is 4.38. The number of nitrogens with two attached hydrogens (primary N) is 1. The molecule has 1 amide bonds. The zero-order valence-corrected chi connectivity index (χ0v) is 15.6. The monoisotopic (exact) mass is 361 g/mol. The largest absolute Gasteiger partial charge is 0.341 e. The van der Waals surface area contributed by atoms with Crippen molar-refractivity contribution in [3.63, 3.8) is 0 Å². The van der Waals surface area contributed by atoms with Crippen LogP contribution in [0.15, 0.2) is 30.3 Å². The minimum absolute atomic E-state index is 0. The van der Waals surface area contributed by atoms with Crippen LogP contribution in [-0.2, 0) is 4.79 Å². The molecule has 2 N–H and O–H groups in total. The predicted molar refractivity (Wildman–Crippen MR) is 100 cm³/mol. The Morgan fingerprint density at radius 1 is 1.17 bits per heavy atom. The number of amides is 1. The summed E-state index contributed by atoms with van der Waals surface area (Å²) in [6.45, 7) is 7.52. The summed E-state index contributed by atoms with van der Waals surface area (Å²) in [7, 11) is 0. The van der Waals surface area contributed by atoms with Crippen LogP contribution >= 0.6 is 24.8 Å². The number of carbonyl (C=O) groups is 1. The molecule has 23 heavy (non-hydrogen) atoms. The van der Waals surface area contributed by atoms with Gasteiger partial charge in [-0.25, -0.2) is 0 Å². The van der Waals surface area contributed by atoms with Crippen molar-refractivity contribution in [2.24, 2.45) is 5.73 Å². The van der Waals surface area contributed by atoms with Crippen LogP contribution in [0, 0.1) is 0 Å². The van der Waals surface area contributed by atoms with Crippen LogP contribution in [0.3, 0.4) is 0 Å². The van der Waals surface area contributed by atoms with Gasteiger partial charge >= 0.3 is 0 Å². The van der Waals surface area contributed by atoms with Crippen LogP contribution in [0.5, 0.6) is 0 Å². The zero-order valence-electron chi connectivity index (χ0n) is 14.0. The minimum atomic E-state index is -0.171. The van der Waals surface area contributed by atoms with E-state index in [1.165, 1.54) is 0 Å². The highest BCUT2D eigenvalue weighted by Crippen LogP contribution is 2.24. The summed E-state index contributed by atoms with van der Waals surface area (Å²) in [5.74, 6) is 0.219. The Balaban J connectivity index is 0.00000242. The van der Waals surface area contributed by atoms with Crippen LogP contribution < -0.4 is 5.73 Å². The van der Waals surface area contributed by atoms with E-state index < -0.39 is 0 Å². The zero-order chi connectivity index (χ0) is 15.2. The van der Waals surface area contributed by atoms with Crippen LogP contribution in [0.1, 0.15) is 38.3 Å². The van der Waals surface area contributed by atoms with Gasteiger partial charge in [-0.15, -0.1) is 24.8 Å². The molecule has 1 atom stereocenters. The van der Waals surface area contributed by atoms with Crippen molar-refractivity contribution in [2.45, 2.75) is 38.8 Å². The Morgan fingerprint density at radius 2 is 1.70 bits per heavy atom. The highest BCUT2D eigenvalue weighted by Gasteiger charge is 2.31. The van der Waals surface area contributed by atoms with Gasteiger partial charge < -0.3 is 10.6 Å². The van der Waals surface area contributed by atoms with Gasteiger partial charge in [0.2, 0.25) is 5.91 Å². The number of hydrogen-bond donors (Lipinski definition) is 1. The summed E-state index contributed by atoms with van der Waals surface area (Å²) in [6, 6.07) is 10.2. The van der Waals surface area contributed by atoms with E-state index >= 15 is 0 Å². The number of piperidine rings is 1. The van der Waals surface area contributed by atoms with Crippen molar-refractivity contribution in [1.82, 2.24) is 9.80 Å². The molecule has 0 radical (unpaired) electrons. The third kappa shape index (κ3) is 5.64. The standard InChI is InChI=1S/C17H27N3O.2ClH/c1-3-19(4-2)16(14-8-6-5-7-9-14)17(21)20-12-10-15(18)11-13-20;;/h5-9,15-16H,3-4,10-13,18H2,1-2H3;2*1H. The highest BCUT2D eigenvalue weighted by molar-refractivity contribution is 5.85. The first-order chi connectivity index (χ1) is 10.2. The normalized spacial score (nSPS) is 16.4. The number of hydrogen-bond acceptors (Lipinski definition) is 3. The molecule has 1 aliphatic rings. The second-order valence-electron chi connectivity index (χ2n) is 5.70. The number of likely N-dealkylation sites (tertiary alicyclic amines) is 1. The molecule has 1 heterocycles. The van der Waals surface area contributed by atoms with Gasteiger partial charge in [-0.3, -0.25) is 9.69 Å². The smallest absolute Gasteiger partial charge is 0.244 e. The molecule has 0 spiro atoms. The van der Waals surface area contributed by atoms with Crippen LogP contribution in [0.4, 0.5) is 0 Å². The Labute approximate surface area is 152 Å². The van der Waals surface area contributed by atoms with Crippen LogP contribution in [0.2, 0.25) is 0 Å². The van der Waals surface area contributed by atoms with Crippen molar-refractivity contribution < 1.29 is 4.79 Å². The van der Waals surface area contributed by atoms with E-state index in [0.29, 0.717) is 0 Å². The van der Waals surface area contributed by atoms with Gasteiger partial charge in [0.1, 0.15) is 6.04 Å². The van der Waals surface area contributed by atoms with E-state index in [4.69, 9.17) is 5.73 Å². The average molecular weight is 362 g/mol. The molecule has 1 saturated heterocycles. The maximum atomic E-state index is 13.0. The molecule has 1 aromatic rings. The summed E-state index contributed by atoms with van der Waals surface area (Å²) in [5.41, 5.74) is 7.03. The quantitative estimate of drug-likeness (QED) is 0.876. The summed E-state index contributed by atoms with van der Waals surface area (Å²) >= 11 is 0. The Hall–Kier alpha value is -0.810. The first kappa shape index (κ1) is 22.2. The van der Waals surface area contributed by atoms with Gasteiger partial charge in [0, 0.05) is 19.1 Å². The fourth-order valence-corrected chi connectivity index (χ4v) is 3.03. The summed E-state index contributed by atoms with van der Waals surface area (Å²) < 4.78 is 0. The predicted octanol–water partition coefficient (Wildman–Crippen LogP) is 2.86. The van der Waals surface area contributed by atoms with E-state index in [1.807, 2.05) is 23.1 Å². The SMILES string of the molecule is CCN(CC)C(C(=O)N1CCC(N)CC1)c1ccccc1.Cl.Cl. The first-order valence-electron chi connectivity index (χ1n) is 8.00. The number of rotatable bonds is 5. The Kier molecular flexibility index (Phi) is 10.5.